The van der Waals surface area contributed by atoms with Gasteiger partial charge in [0.15, 0.2) is 6.29 Å². The molecular formula is C12H5Cl3FNO. The van der Waals surface area contributed by atoms with Crippen LogP contribution >= 0.6 is 34.8 Å². The molecular weight excluding hydrogens is 299 g/mol. The van der Waals surface area contributed by atoms with Crippen LogP contribution in [0.4, 0.5) is 4.39 Å². The summed E-state index contributed by atoms with van der Waals surface area (Å²) >= 11 is 17.7. The number of aldehydes is 1. The first-order chi connectivity index (χ1) is 8.52. The number of carbonyl (C=O) groups excluding carboxylic acids is 1. The average Bonchev–Trinajstić information content (AvgIpc) is 2.30. The molecule has 0 aliphatic rings. The maximum absolute atomic E-state index is 13.7. The van der Waals surface area contributed by atoms with Gasteiger partial charge in [0.2, 0.25) is 0 Å². The van der Waals surface area contributed by atoms with Crippen LogP contribution < -0.4 is 0 Å². The fourth-order valence-electron chi connectivity index (χ4n) is 1.47. The van der Waals surface area contributed by atoms with Gasteiger partial charge in [-0.3, -0.25) is 4.79 Å². The van der Waals surface area contributed by atoms with Crippen molar-refractivity contribution in [3.8, 4) is 11.3 Å². The van der Waals surface area contributed by atoms with Crippen LogP contribution in [-0.2, 0) is 0 Å². The molecule has 0 N–H and O–H groups in total. The Bertz CT molecular complexity index is 608. The van der Waals surface area contributed by atoms with Crippen LogP contribution in [0.15, 0.2) is 24.3 Å². The summed E-state index contributed by atoms with van der Waals surface area (Å²) in [5.41, 5.74) is 0.226. The van der Waals surface area contributed by atoms with E-state index in [2.05, 4.69) is 4.98 Å². The lowest BCUT2D eigenvalue weighted by Crippen LogP contribution is -1.95. The molecule has 2 rings (SSSR count). The van der Waals surface area contributed by atoms with Gasteiger partial charge in [-0.2, -0.15) is 0 Å². The second-order valence-corrected chi connectivity index (χ2v) is 4.68. The molecule has 18 heavy (non-hydrogen) atoms. The molecule has 0 saturated carbocycles. The third kappa shape index (κ3) is 2.48. The second-order valence-electron chi connectivity index (χ2n) is 3.43. The van der Waals surface area contributed by atoms with E-state index >= 15 is 0 Å². The van der Waals surface area contributed by atoms with Crippen LogP contribution in [0.25, 0.3) is 11.3 Å². The van der Waals surface area contributed by atoms with Gasteiger partial charge >= 0.3 is 0 Å². The number of benzene rings is 1. The van der Waals surface area contributed by atoms with Crippen molar-refractivity contribution >= 4 is 41.1 Å². The molecule has 0 spiro atoms. The highest BCUT2D eigenvalue weighted by molar-refractivity contribution is 6.41. The molecule has 0 unspecified atom stereocenters. The van der Waals surface area contributed by atoms with Gasteiger partial charge in [0, 0.05) is 10.6 Å². The number of aromatic nitrogens is 1. The van der Waals surface area contributed by atoms with Gasteiger partial charge in [-0.25, -0.2) is 9.37 Å². The van der Waals surface area contributed by atoms with Crippen LogP contribution in [0.2, 0.25) is 15.1 Å². The van der Waals surface area contributed by atoms with Crippen molar-refractivity contribution in [2.24, 2.45) is 0 Å². The predicted octanol–water partition coefficient (Wildman–Crippen LogP) is 4.66. The summed E-state index contributed by atoms with van der Waals surface area (Å²) in [6.07, 6.45) is 0.515. The van der Waals surface area contributed by atoms with Crippen molar-refractivity contribution in [3.05, 3.63) is 50.8 Å². The maximum Gasteiger partial charge on any atom is 0.168 e. The molecule has 0 saturated heterocycles. The molecule has 92 valence electrons. The van der Waals surface area contributed by atoms with Crippen molar-refractivity contribution in [1.29, 1.82) is 0 Å². The number of nitrogens with zero attached hydrogens (tertiary/aromatic N) is 1. The van der Waals surface area contributed by atoms with Gasteiger partial charge < -0.3 is 0 Å². The van der Waals surface area contributed by atoms with Crippen molar-refractivity contribution in [2.45, 2.75) is 0 Å². The lowest BCUT2D eigenvalue weighted by molar-refractivity contribution is 0.111. The first-order valence-corrected chi connectivity index (χ1v) is 5.93. The molecule has 1 heterocycles. The third-order valence-electron chi connectivity index (χ3n) is 2.23. The van der Waals surface area contributed by atoms with E-state index in [-0.39, 0.29) is 27.0 Å². The Morgan fingerprint density at radius 2 is 1.72 bits per heavy atom. The van der Waals surface area contributed by atoms with Crippen LogP contribution in [0, 0.1) is 5.82 Å². The van der Waals surface area contributed by atoms with E-state index in [0.29, 0.717) is 11.3 Å². The minimum atomic E-state index is -0.619. The number of halogens is 4. The number of hydrogen-bond acceptors (Lipinski definition) is 2. The van der Waals surface area contributed by atoms with Crippen LogP contribution in [0.1, 0.15) is 10.5 Å². The fraction of sp³-hybridized carbons (Fsp3) is 0. The number of rotatable bonds is 2. The normalized spacial score (nSPS) is 10.4. The monoisotopic (exact) mass is 303 g/mol. The van der Waals surface area contributed by atoms with E-state index in [1.807, 2.05) is 0 Å². The molecule has 0 aliphatic carbocycles. The van der Waals surface area contributed by atoms with Crippen molar-refractivity contribution in [3.63, 3.8) is 0 Å². The van der Waals surface area contributed by atoms with Gasteiger partial charge in [-0.1, -0.05) is 34.8 Å². The summed E-state index contributed by atoms with van der Waals surface area (Å²) in [6.45, 7) is 0. The Balaban J connectivity index is 2.72. The van der Waals surface area contributed by atoms with E-state index in [4.69, 9.17) is 34.8 Å². The number of pyridine rings is 1. The lowest BCUT2D eigenvalue weighted by Gasteiger charge is -2.08. The quantitative estimate of drug-likeness (QED) is 0.755. The van der Waals surface area contributed by atoms with Gasteiger partial charge in [-0.05, 0) is 24.3 Å². The first-order valence-electron chi connectivity index (χ1n) is 4.79. The molecule has 0 atom stereocenters. The van der Waals surface area contributed by atoms with E-state index in [9.17, 15) is 9.18 Å². The smallest absolute Gasteiger partial charge is 0.168 e. The Kier molecular flexibility index (Phi) is 3.85. The van der Waals surface area contributed by atoms with Crippen molar-refractivity contribution < 1.29 is 9.18 Å². The number of carbonyl (C=O) groups is 1. The largest absolute Gasteiger partial charge is 0.296 e. The maximum atomic E-state index is 13.7. The highest BCUT2D eigenvalue weighted by atomic mass is 35.5. The van der Waals surface area contributed by atoms with E-state index in [1.165, 1.54) is 18.2 Å². The zero-order chi connectivity index (χ0) is 13.3. The van der Waals surface area contributed by atoms with E-state index in [0.717, 1.165) is 6.07 Å². The predicted molar refractivity (Wildman–Crippen MR) is 70.0 cm³/mol. The second kappa shape index (κ2) is 5.22. The molecule has 2 aromatic rings. The van der Waals surface area contributed by atoms with Crippen molar-refractivity contribution in [2.75, 3.05) is 0 Å². The minimum absolute atomic E-state index is 0.0775. The summed E-state index contributed by atoms with van der Waals surface area (Å²) in [5.74, 6) is -0.619. The fourth-order valence-corrected chi connectivity index (χ4v) is 2.46. The Hall–Kier alpha value is -1.16. The molecule has 1 aromatic heterocycles. The van der Waals surface area contributed by atoms with E-state index < -0.39 is 5.82 Å². The van der Waals surface area contributed by atoms with Gasteiger partial charge in [0.05, 0.1) is 10.0 Å². The summed E-state index contributed by atoms with van der Waals surface area (Å²) in [6, 6.07) is 5.26. The highest BCUT2D eigenvalue weighted by Crippen LogP contribution is 2.37. The molecule has 0 radical (unpaired) electrons. The number of hydrogen-bond donors (Lipinski definition) is 0. The highest BCUT2D eigenvalue weighted by Gasteiger charge is 2.16. The Morgan fingerprint density at radius 3 is 2.28 bits per heavy atom. The molecule has 1 aromatic carbocycles. The summed E-state index contributed by atoms with van der Waals surface area (Å²) in [7, 11) is 0. The Labute approximate surface area is 117 Å². The lowest BCUT2D eigenvalue weighted by atomic mass is 10.1. The van der Waals surface area contributed by atoms with Gasteiger partial charge in [0.1, 0.15) is 17.2 Å². The standard InChI is InChI=1S/C12H5Cl3FNO/c13-6-3-8(14)11(9(15)4-6)12-10(16)2-1-7(5-18)17-12/h1-5H. The summed E-state index contributed by atoms with van der Waals surface area (Å²) in [4.78, 5) is 14.5. The van der Waals surface area contributed by atoms with Crippen LogP contribution in [0.5, 0.6) is 0 Å². The minimum Gasteiger partial charge on any atom is -0.296 e. The van der Waals surface area contributed by atoms with Gasteiger partial charge in [0.25, 0.3) is 0 Å². The van der Waals surface area contributed by atoms with E-state index in [1.54, 1.807) is 0 Å². The van der Waals surface area contributed by atoms with Crippen molar-refractivity contribution in [1.82, 2.24) is 4.98 Å². The summed E-state index contributed by atoms with van der Waals surface area (Å²) in [5, 5.41) is 0.671. The third-order valence-corrected chi connectivity index (χ3v) is 3.05. The van der Waals surface area contributed by atoms with Crippen LogP contribution in [0.3, 0.4) is 0 Å². The van der Waals surface area contributed by atoms with Crippen LogP contribution in [-0.4, -0.2) is 11.3 Å². The zero-order valence-electron chi connectivity index (χ0n) is 8.75. The molecule has 0 bridgehead atoms. The SMILES string of the molecule is O=Cc1ccc(F)c(-c2c(Cl)cc(Cl)cc2Cl)n1. The first kappa shape index (κ1) is 13.3. The molecule has 2 nitrogen and oxygen atoms in total. The average molecular weight is 305 g/mol. The molecule has 0 fully saturated rings. The topological polar surface area (TPSA) is 30.0 Å². The Morgan fingerprint density at radius 1 is 1.11 bits per heavy atom. The molecule has 0 aliphatic heterocycles. The van der Waals surface area contributed by atoms with Gasteiger partial charge in [-0.15, -0.1) is 0 Å². The zero-order valence-corrected chi connectivity index (χ0v) is 11.0. The molecule has 6 heteroatoms. The summed E-state index contributed by atoms with van der Waals surface area (Å²) < 4.78 is 13.7. The molecule has 0 amide bonds.